The van der Waals surface area contributed by atoms with Gasteiger partial charge in [0.05, 0.1) is 13.7 Å². The molecule has 2 rings (SSSR count). The summed E-state index contributed by atoms with van der Waals surface area (Å²) in [7, 11) is 1.62. The molecule has 1 aromatic carbocycles. The number of rotatable bonds is 3. The molecule has 0 bridgehead atoms. The zero-order chi connectivity index (χ0) is 12.3. The third-order valence-electron chi connectivity index (χ3n) is 2.63. The lowest BCUT2D eigenvalue weighted by molar-refractivity contribution is 0.281. The van der Waals surface area contributed by atoms with Crippen molar-refractivity contribution in [3.05, 3.63) is 47.8 Å². The second-order valence-electron chi connectivity index (χ2n) is 3.92. The van der Waals surface area contributed by atoms with Gasteiger partial charge in [0.1, 0.15) is 5.75 Å². The molecular formula is C14H15NO2. The molecule has 0 aliphatic carbocycles. The number of hydrogen-bond donors (Lipinski definition) is 1. The van der Waals surface area contributed by atoms with Crippen LogP contribution in [0.25, 0.3) is 11.1 Å². The summed E-state index contributed by atoms with van der Waals surface area (Å²) in [6.45, 7) is 1.96. The molecule has 0 aliphatic rings. The van der Waals surface area contributed by atoms with Gasteiger partial charge in [-0.05, 0) is 42.3 Å². The fourth-order valence-corrected chi connectivity index (χ4v) is 1.68. The average molecular weight is 229 g/mol. The summed E-state index contributed by atoms with van der Waals surface area (Å²) in [5, 5.41) is 9.20. The van der Waals surface area contributed by atoms with Gasteiger partial charge in [0.2, 0.25) is 0 Å². The van der Waals surface area contributed by atoms with Crippen LogP contribution < -0.4 is 4.74 Å². The Morgan fingerprint density at radius 2 is 2.00 bits per heavy atom. The molecular weight excluding hydrogens is 214 g/mol. The molecule has 3 nitrogen and oxygen atoms in total. The Bertz CT molecular complexity index is 484. The largest absolute Gasteiger partial charge is 0.497 e. The van der Waals surface area contributed by atoms with E-state index in [0.717, 1.165) is 28.1 Å². The van der Waals surface area contributed by atoms with Gasteiger partial charge in [-0.3, -0.25) is 4.98 Å². The van der Waals surface area contributed by atoms with Gasteiger partial charge in [-0.15, -0.1) is 0 Å². The van der Waals surface area contributed by atoms with Crippen LogP contribution >= 0.6 is 0 Å². The van der Waals surface area contributed by atoms with Crippen LogP contribution in [0.1, 0.15) is 11.3 Å². The first-order chi connectivity index (χ1) is 8.22. The van der Waals surface area contributed by atoms with Gasteiger partial charge in [-0.1, -0.05) is 6.07 Å². The number of hydrogen-bond acceptors (Lipinski definition) is 3. The highest BCUT2D eigenvalue weighted by Gasteiger charge is 2.03. The molecule has 0 spiro atoms. The second kappa shape index (κ2) is 4.97. The minimum Gasteiger partial charge on any atom is -0.497 e. The lowest BCUT2D eigenvalue weighted by atomic mass is 10.0. The van der Waals surface area contributed by atoms with E-state index in [1.165, 1.54) is 0 Å². The van der Waals surface area contributed by atoms with Crippen LogP contribution in [0.2, 0.25) is 0 Å². The minimum atomic E-state index is 0.00346. The highest BCUT2D eigenvalue weighted by molar-refractivity contribution is 5.65. The van der Waals surface area contributed by atoms with Crippen LogP contribution in [-0.4, -0.2) is 17.2 Å². The topological polar surface area (TPSA) is 42.4 Å². The molecule has 0 fully saturated rings. The molecule has 0 saturated carbocycles. The molecule has 17 heavy (non-hydrogen) atoms. The molecule has 1 N–H and O–H groups in total. The third kappa shape index (κ3) is 2.63. The van der Waals surface area contributed by atoms with E-state index in [-0.39, 0.29) is 6.61 Å². The van der Waals surface area contributed by atoms with Crippen LogP contribution in [0.15, 0.2) is 36.5 Å². The number of aryl methyl sites for hydroxylation is 1. The molecule has 88 valence electrons. The lowest BCUT2D eigenvalue weighted by Crippen LogP contribution is -1.90. The molecule has 1 heterocycles. The highest BCUT2D eigenvalue weighted by Crippen LogP contribution is 2.25. The van der Waals surface area contributed by atoms with Crippen molar-refractivity contribution in [1.82, 2.24) is 4.98 Å². The number of methoxy groups -OCH3 is 1. The maximum Gasteiger partial charge on any atom is 0.119 e. The normalized spacial score (nSPS) is 10.3. The van der Waals surface area contributed by atoms with E-state index in [2.05, 4.69) is 4.98 Å². The van der Waals surface area contributed by atoms with Crippen LogP contribution in [0.4, 0.5) is 0 Å². The molecule has 0 saturated heterocycles. The molecule has 3 heteroatoms. The van der Waals surface area contributed by atoms with Crippen molar-refractivity contribution in [2.24, 2.45) is 0 Å². The van der Waals surface area contributed by atoms with Gasteiger partial charge >= 0.3 is 0 Å². The zero-order valence-electron chi connectivity index (χ0n) is 9.97. The molecule has 0 amide bonds. The van der Waals surface area contributed by atoms with Crippen LogP contribution in [-0.2, 0) is 6.61 Å². The summed E-state index contributed by atoms with van der Waals surface area (Å²) < 4.78 is 5.21. The Labute approximate surface area is 101 Å². The van der Waals surface area contributed by atoms with Crippen molar-refractivity contribution in [1.29, 1.82) is 0 Å². The van der Waals surface area contributed by atoms with E-state index < -0.39 is 0 Å². The summed E-state index contributed by atoms with van der Waals surface area (Å²) in [5.41, 5.74) is 3.84. The smallest absolute Gasteiger partial charge is 0.119 e. The summed E-state index contributed by atoms with van der Waals surface area (Å²) in [6, 6.07) is 9.68. The maximum atomic E-state index is 9.20. The fourth-order valence-electron chi connectivity index (χ4n) is 1.68. The number of benzene rings is 1. The number of ether oxygens (including phenoxy) is 1. The number of aliphatic hydroxyl groups is 1. The van der Waals surface area contributed by atoms with E-state index in [9.17, 15) is 5.11 Å². The van der Waals surface area contributed by atoms with E-state index in [0.29, 0.717) is 0 Å². The molecule has 2 aromatic rings. The lowest BCUT2D eigenvalue weighted by Gasteiger charge is -2.08. The molecule has 1 aromatic heterocycles. The Kier molecular flexibility index (Phi) is 3.40. The Morgan fingerprint density at radius 3 is 2.59 bits per heavy atom. The fraction of sp³-hybridized carbons (Fsp3) is 0.214. The van der Waals surface area contributed by atoms with Gasteiger partial charge in [0.15, 0.2) is 0 Å². The summed E-state index contributed by atoms with van der Waals surface area (Å²) in [4.78, 5) is 4.26. The van der Waals surface area contributed by atoms with Gasteiger partial charge in [0.25, 0.3) is 0 Å². The highest BCUT2D eigenvalue weighted by atomic mass is 16.5. The zero-order valence-corrected chi connectivity index (χ0v) is 9.97. The standard InChI is InChI=1S/C14H15NO2/c1-10-3-4-12(8-15-10)13-5-11(9-16)6-14(7-13)17-2/h3-8,16H,9H2,1-2H3. The predicted octanol–water partition coefficient (Wildman–Crippen LogP) is 2.56. The number of pyridine rings is 1. The number of nitrogens with zero attached hydrogens (tertiary/aromatic N) is 1. The van der Waals surface area contributed by atoms with Gasteiger partial charge < -0.3 is 9.84 Å². The maximum absolute atomic E-state index is 9.20. The summed E-state index contributed by atoms with van der Waals surface area (Å²) in [6.07, 6.45) is 1.82. The summed E-state index contributed by atoms with van der Waals surface area (Å²) in [5.74, 6) is 0.743. The first-order valence-corrected chi connectivity index (χ1v) is 5.45. The second-order valence-corrected chi connectivity index (χ2v) is 3.92. The predicted molar refractivity (Wildman–Crippen MR) is 66.9 cm³/mol. The van der Waals surface area contributed by atoms with E-state index in [1.54, 1.807) is 7.11 Å². The molecule has 0 atom stereocenters. The van der Waals surface area contributed by atoms with Crippen LogP contribution in [0.3, 0.4) is 0 Å². The quantitative estimate of drug-likeness (QED) is 0.879. The van der Waals surface area contributed by atoms with E-state index >= 15 is 0 Å². The molecule has 0 radical (unpaired) electrons. The first-order valence-electron chi connectivity index (χ1n) is 5.45. The van der Waals surface area contributed by atoms with E-state index in [4.69, 9.17) is 4.74 Å². The average Bonchev–Trinajstić information content (AvgIpc) is 2.39. The van der Waals surface area contributed by atoms with Gasteiger partial charge in [0, 0.05) is 17.5 Å². The SMILES string of the molecule is COc1cc(CO)cc(-c2ccc(C)nc2)c1. The Balaban J connectivity index is 2.46. The first kappa shape index (κ1) is 11.6. The van der Waals surface area contributed by atoms with Crippen LogP contribution in [0, 0.1) is 6.92 Å². The monoisotopic (exact) mass is 229 g/mol. The Morgan fingerprint density at radius 1 is 1.18 bits per heavy atom. The van der Waals surface area contributed by atoms with E-state index in [1.807, 2.05) is 43.5 Å². The summed E-state index contributed by atoms with van der Waals surface area (Å²) >= 11 is 0. The Hall–Kier alpha value is -1.87. The molecule has 0 unspecified atom stereocenters. The van der Waals surface area contributed by atoms with Crippen molar-refractivity contribution in [2.45, 2.75) is 13.5 Å². The third-order valence-corrected chi connectivity index (χ3v) is 2.63. The van der Waals surface area contributed by atoms with Gasteiger partial charge in [-0.2, -0.15) is 0 Å². The van der Waals surface area contributed by atoms with Crippen LogP contribution in [0.5, 0.6) is 5.75 Å². The van der Waals surface area contributed by atoms with Crippen molar-refractivity contribution < 1.29 is 9.84 Å². The van der Waals surface area contributed by atoms with Gasteiger partial charge in [-0.25, -0.2) is 0 Å². The van der Waals surface area contributed by atoms with Crippen molar-refractivity contribution in [3.8, 4) is 16.9 Å². The minimum absolute atomic E-state index is 0.00346. The molecule has 0 aliphatic heterocycles. The van der Waals surface area contributed by atoms with Crippen molar-refractivity contribution in [2.75, 3.05) is 7.11 Å². The van der Waals surface area contributed by atoms with Crippen molar-refractivity contribution >= 4 is 0 Å². The van der Waals surface area contributed by atoms with Crippen molar-refractivity contribution in [3.63, 3.8) is 0 Å². The number of aliphatic hydroxyl groups excluding tert-OH is 1. The number of aromatic nitrogens is 1.